The Morgan fingerprint density at radius 3 is 2.41 bits per heavy atom. The van der Waals surface area contributed by atoms with E-state index < -0.39 is 34.2 Å². The second-order valence-corrected chi connectivity index (χ2v) is 12.1. The van der Waals surface area contributed by atoms with E-state index in [0.717, 1.165) is 18.4 Å². The first-order valence-corrected chi connectivity index (χ1v) is 12.3. The van der Waals surface area contributed by atoms with E-state index in [9.17, 15) is 19.2 Å². The smallest absolute Gasteiger partial charge is 0.334 e. The molecule has 0 saturated heterocycles. The summed E-state index contributed by atoms with van der Waals surface area (Å²) < 4.78 is 11.2. The normalized spacial score (nSPS) is 44.5. The fourth-order valence-electron chi connectivity index (χ4n) is 8.58. The molecule has 0 radical (unpaired) electrons. The summed E-state index contributed by atoms with van der Waals surface area (Å²) in [7, 11) is 0. The van der Waals surface area contributed by atoms with E-state index in [4.69, 9.17) is 9.47 Å². The number of ketones is 2. The van der Waals surface area contributed by atoms with Crippen LogP contribution in [0.15, 0.2) is 35.5 Å². The van der Waals surface area contributed by atoms with E-state index in [1.807, 2.05) is 13.8 Å². The van der Waals surface area contributed by atoms with E-state index in [0.29, 0.717) is 12.0 Å². The summed E-state index contributed by atoms with van der Waals surface area (Å²) in [5.74, 6) is -1.24. The van der Waals surface area contributed by atoms with Crippen molar-refractivity contribution < 1.29 is 28.7 Å². The lowest BCUT2D eigenvalue weighted by molar-refractivity contribution is -0.187. The predicted octanol–water partition coefficient (Wildman–Crippen LogP) is 4.14. The van der Waals surface area contributed by atoms with Crippen molar-refractivity contribution in [3.05, 3.63) is 35.5 Å². The third-order valence-electron chi connectivity index (χ3n) is 10.2. The number of ether oxygens (including phenoxy) is 2. The standard InChI is InChI=1S/C28H34O6/c1-15(29)34-22-14-19-25(2,3)21(31)8-11-26(19,4)18-7-10-27(5)20(28(18,22)6)13-17(30)23(27)16-9-12-33-24(16)32/h8-9,11,13,18-19,22-23H,7,10,12,14H2,1-6H3/t18-,19+,22-,23-,26-,27+,28-/m1/s1. The molecule has 0 N–H and O–H groups in total. The maximum Gasteiger partial charge on any atom is 0.334 e. The van der Waals surface area contributed by atoms with Crippen LogP contribution in [0, 0.1) is 39.4 Å². The van der Waals surface area contributed by atoms with Gasteiger partial charge in [0.1, 0.15) is 12.7 Å². The number of rotatable bonds is 2. The van der Waals surface area contributed by atoms with Crippen molar-refractivity contribution in [1.82, 2.24) is 0 Å². The number of carbonyl (C=O) groups excluding carboxylic acids is 4. The molecule has 0 aromatic heterocycles. The molecule has 0 aromatic rings. The lowest BCUT2D eigenvalue weighted by Gasteiger charge is -2.66. The van der Waals surface area contributed by atoms with E-state index in [1.54, 1.807) is 18.2 Å². The van der Waals surface area contributed by atoms with Gasteiger partial charge >= 0.3 is 11.9 Å². The van der Waals surface area contributed by atoms with Gasteiger partial charge in [0.15, 0.2) is 11.6 Å². The lowest BCUT2D eigenvalue weighted by Crippen LogP contribution is -2.64. The second kappa shape index (κ2) is 7.02. The molecule has 5 aliphatic rings. The molecule has 6 nitrogen and oxygen atoms in total. The summed E-state index contributed by atoms with van der Waals surface area (Å²) >= 11 is 0. The van der Waals surface area contributed by atoms with Crippen LogP contribution in [0.5, 0.6) is 0 Å². The molecule has 0 spiro atoms. The summed E-state index contributed by atoms with van der Waals surface area (Å²) in [5, 5.41) is 0. The van der Waals surface area contributed by atoms with Crippen LogP contribution in [0.2, 0.25) is 0 Å². The van der Waals surface area contributed by atoms with Gasteiger partial charge in [-0.25, -0.2) is 4.79 Å². The minimum Gasteiger partial charge on any atom is -0.462 e. The quantitative estimate of drug-likeness (QED) is 0.569. The predicted molar refractivity (Wildman–Crippen MR) is 124 cm³/mol. The number of fused-ring (bicyclic) bond motifs is 5. The van der Waals surface area contributed by atoms with Gasteiger partial charge in [-0.3, -0.25) is 14.4 Å². The lowest BCUT2D eigenvalue weighted by atomic mass is 9.38. The van der Waals surface area contributed by atoms with Crippen molar-refractivity contribution in [2.24, 2.45) is 39.4 Å². The van der Waals surface area contributed by atoms with E-state index in [-0.39, 0.29) is 41.4 Å². The highest BCUT2D eigenvalue weighted by molar-refractivity contribution is 6.06. The first-order valence-electron chi connectivity index (χ1n) is 12.3. The first kappa shape index (κ1) is 23.3. The molecule has 7 atom stereocenters. The van der Waals surface area contributed by atoms with Crippen molar-refractivity contribution in [2.75, 3.05) is 6.61 Å². The molecule has 2 fully saturated rings. The molecule has 34 heavy (non-hydrogen) atoms. The van der Waals surface area contributed by atoms with Crippen LogP contribution in [-0.4, -0.2) is 36.2 Å². The fourth-order valence-corrected chi connectivity index (χ4v) is 8.58. The summed E-state index contributed by atoms with van der Waals surface area (Å²) in [5.41, 5.74) is -0.598. The Labute approximate surface area is 200 Å². The van der Waals surface area contributed by atoms with Crippen molar-refractivity contribution in [2.45, 2.75) is 66.9 Å². The van der Waals surface area contributed by atoms with Gasteiger partial charge in [-0.2, -0.15) is 0 Å². The molecular formula is C28H34O6. The first-order chi connectivity index (χ1) is 15.8. The zero-order chi connectivity index (χ0) is 24.8. The van der Waals surface area contributed by atoms with Gasteiger partial charge in [0.2, 0.25) is 0 Å². The van der Waals surface area contributed by atoms with Gasteiger partial charge in [-0.15, -0.1) is 0 Å². The number of carbonyl (C=O) groups is 4. The average molecular weight is 467 g/mol. The van der Waals surface area contributed by atoms with Gasteiger partial charge < -0.3 is 9.47 Å². The Hall–Kier alpha value is -2.50. The Kier molecular flexibility index (Phi) is 4.80. The number of esters is 2. The summed E-state index contributed by atoms with van der Waals surface area (Å²) in [4.78, 5) is 51.1. The van der Waals surface area contributed by atoms with Crippen LogP contribution < -0.4 is 0 Å². The van der Waals surface area contributed by atoms with Crippen LogP contribution in [-0.2, 0) is 28.7 Å². The molecule has 5 rings (SSSR count). The largest absolute Gasteiger partial charge is 0.462 e. The summed E-state index contributed by atoms with van der Waals surface area (Å²) in [6.45, 7) is 12.0. The minimum atomic E-state index is -0.599. The van der Waals surface area contributed by atoms with Crippen molar-refractivity contribution in [1.29, 1.82) is 0 Å². The molecule has 1 aliphatic heterocycles. The number of hydrogen-bond donors (Lipinski definition) is 0. The second-order valence-electron chi connectivity index (χ2n) is 12.1. The Morgan fingerprint density at radius 1 is 1.09 bits per heavy atom. The molecule has 0 amide bonds. The molecular weight excluding hydrogens is 432 g/mol. The number of allylic oxidation sites excluding steroid dienone is 3. The fraction of sp³-hybridized carbons (Fsp3) is 0.643. The van der Waals surface area contributed by atoms with Gasteiger partial charge in [0, 0.05) is 28.7 Å². The van der Waals surface area contributed by atoms with Crippen LogP contribution in [0.25, 0.3) is 0 Å². The topological polar surface area (TPSA) is 86.7 Å². The zero-order valence-electron chi connectivity index (χ0n) is 20.9. The molecule has 1 heterocycles. The molecule has 6 heteroatoms. The van der Waals surface area contributed by atoms with E-state index in [1.165, 1.54) is 6.92 Å². The van der Waals surface area contributed by atoms with E-state index >= 15 is 0 Å². The van der Waals surface area contributed by atoms with Crippen LogP contribution in [0.4, 0.5) is 0 Å². The highest BCUT2D eigenvalue weighted by Gasteiger charge is 2.69. The van der Waals surface area contributed by atoms with Crippen LogP contribution in [0.3, 0.4) is 0 Å². The van der Waals surface area contributed by atoms with Crippen molar-refractivity contribution >= 4 is 23.5 Å². The van der Waals surface area contributed by atoms with E-state index in [2.05, 4.69) is 26.8 Å². The third kappa shape index (κ3) is 2.74. The van der Waals surface area contributed by atoms with Crippen molar-refractivity contribution in [3.8, 4) is 0 Å². The Balaban J connectivity index is 1.67. The minimum absolute atomic E-state index is 0.00491. The van der Waals surface area contributed by atoms with Crippen LogP contribution in [0.1, 0.15) is 60.8 Å². The molecule has 0 bridgehead atoms. The van der Waals surface area contributed by atoms with Crippen LogP contribution >= 0.6 is 0 Å². The Morgan fingerprint density at radius 2 is 1.79 bits per heavy atom. The maximum absolute atomic E-state index is 13.4. The molecule has 0 unspecified atom stereocenters. The van der Waals surface area contributed by atoms with Gasteiger partial charge in [0.05, 0.1) is 5.92 Å². The summed E-state index contributed by atoms with van der Waals surface area (Å²) in [6.07, 6.45) is 8.89. The highest BCUT2D eigenvalue weighted by Crippen LogP contribution is 2.72. The van der Waals surface area contributed by atoms with Gasteiger partial charge in [-0.05, 0) is 60.3 Å². The Bertz CT molecular complexity index is 1110. The SMILES string of the molecule is CC(=O)O[C@@H]1C[C@H]2C(C)(C)C(=O)C=C[C@]2(C)[C@H]2CC[C@@]3(C)C(=CC(=O)[C@H]3C3=CCOC3=O)[C@@]21C. The highest BCUT2D eigenvalue weighted by atomic mass is 16.5. The van der Waals surface area contributed by atoms with Gasteiger partial charge in [0.25, 0.3) is 0 Å². The third-order valence-corrected chi connectivity index (χ3v) is 10.2. The number of cyclic esters (lactones) is 1. The van der Waals surface area contributed by atoms with Gasteiger partial charge in [-0.1, -0.05) is 40.7 Å². The molecule has 4 aliphatic carbocycles. The number of hydrogen-bond acceptors (Lipinski definition) is 6. The molecule has 182 valence electrons. The molecule has 0 aromatic carbocycles. The monoisotopic (exact) mass is 466 g/mol. The summed E-state index contributed by atoms with van der Waals surface area (Å²) in [6, 6.07) is 0. The maximum atomic E-state index is 13.4. The van der Waals surface area contributed by atoms with Crippen molar-refractivity contribution in [3.63, 3.8) is 0 Å². The molecule has 2 saturated carbocycles. The average Bonchev–Trinajstić information content (AvgIpc) is 3.26. The zero-order valence-corrected chi connectivity index (χ0v) is 20.9.